The lowest BCUT2D eigenvalue weighted by atomic mass is 9.84. The van der Waals surface area contributed by atoms with Crippen LogP contribution < -0.4 is 16.0 Å². The smallest absolute Gasteiger partial charge is 0.234 e. The van der Waals surface area contributed by atoms with E-state index in [9.17, 15) is 4.79 Å². The minimum Gasteiger partial charge on any atom is -0.373 e. The molecule has 0 aromatic rings. The van der Waals surface area contributed by atoms with Crippen LogP contribution in [-0.4, -0.2) is 74.8 Å². The third-order valence-corrected chi connectivity index (χ3v) is 6.05. The van der Waals surface area contributed by atoms with Gasteiger partial charge in [-0.25, -0.2) is 0 Å². The van der Waals surface area contributed by atoms with E-state index in [0.29, 0.717) is 12.6 Å². The fraction of sp³-hybridized carbons (Fsp3) is 0.909. The molecule has 29 heavy (non-hydrogen) atoms. The molecule has 1 saturated heterocycles. The van der Waals surface area contributed by atoms with Crippen LogP contribution in [0.25, 0.3) is 0 Å². The van der Waals surface area contributed by atoms with Gasteiger partial charge in [0.15, 0.2) is 5.96 Å². The van der Waals surface area contributed by atoms with Crippen molar-refractivity contribution < 1.29 is 9.53 Å². The number of guanidine groups is 1. The van der Waals surface area contributed by atoms with E-state index in [-0.39, 0.29) is 11.5 Å². The van der Waals surface area contributed by atoms with Crippen LogP contribution in [-0.2, 0) is 9.53 Å². The molecule has 0 aromatic heterocycles. The summed E-state index contributed by atoms with van der Waals surface area (Å²) in [7, 11) is 1.84. The molecule has 2 fully saturated rings. The summed E-state index contributed by atoms with van der Waals surface area (Å²) in [5, 5.41) is 10.1. The Morgan fingerprint density at radius 1 is 1.10 bits per heavy atom. The molecule has 1 heterocycles. The molecule has 0 radical (unpaired) electrons. The van der Waals surface area contributed by atoms with Crippen LogP contribution in [0.3, 0.4) is 0 Å². The number of hydrogen-bond acceptors (Lipinski definition) is 4. The highest BCUT2D eigenvalue weighted by molar-refractivity contribution is 5.80. The maximum atomic E-state index is 11.9. The molecule has 0 aromatic carbocycles. The van der Waals surface area contributed by atoms with Gasteiger partial charge >= 0.3 is 0 Å². The lowest BCUT2D eigenvalue weighted by Crippen LogP contribution is -2.53. The molecule has 0 unspecified atom stereocenters. The van der Waals surface area contributed by atoms with Crippen molar-refractivity contribution in [2.75, 3.05) is 46.4 Å². The molecule has 1 aliphatic carbocycles. The highest BCUT2D eigenvalue weighted by Crippen LogP contribution is 2.31. The first-order chi connectivity index (χ1) is 14.1. The summed E-state index contributed by atoms with van der Waals surface area (Å²) in [6.45, 7) is 9.06. The Bertz CT molecular complexity index is 497. The van der Waals surface area contributed by atoms with Gasteiger partial charge in [0.2, 0.25) is 5.91 Å². The largest absolute Gasteiger partial charge is 0.373 e. The van der Waals surface area contributed by atoms with Gasteiger partial charge in [-0.15, -0.1) is 0 Å². The molecule has 2 aliphatic rings. The minimum atomic E-state index is -0.0406. The monoisotopic (exact) mass is 409 g/mol. The van der Waals surface area contributed by atoms with E-state index in [0.717, 1.165) is 77.3 Å². The number of rotatable bonds is 10. The van der Waals surface area contributed by atoms with Gasteiger partial charge < -0.3 is 20.7 Å². The zero-order chi connectivity index (χ0) is 21.0. The van der Waals surface area contributed by atoms with Crippen molar-refractivity contribution in [2.24, 2.45) is 4.99 Å². The van der Waals surface area contributed by atoms with Crippen molar-refractivity contribution in [3.8, 4) is 0 Å². The second-order valence-electron chi connectivity index (χ2n) is 8.56. The SMILES string of the molecule is CCCNC(=O)CN1CCC(NC(=NC)NCC2(OCCC)CCCCC2)CC1. The van der Waals surface area contributed by atoms with E-state index in [1.165, 1.54) is 19.3 Å². The zero-order valence-electron chi connectivity index (χ0n) is 18.9. The number of ether oxygens (including phenoxy) is 1. The van der Waals surface area contributed by atoms with Crippen molar-refractivity contribution in [3.63, 3.8) is 0 Å². The maximum Gasteiger partial charge on any atom is 0.234 e. The Labute approximate surface area is 177 Å². The van der Waals surface area contributed by atoms with Gasteiger partial charge in [0.05, 0.1) is 12.1 Å². The molecule has 7 nitrogen and oxygen atoms in total. The topological polar surface area (TPSA) is 78.0 Å². The minimum absolute atomic E-state index is 0.0406. The first kappa shape index (κ1) is 23.9. The number of carbonyl (C=O) groups excluding carboxylic acids is 1. The fourth-order valence-corrected chi connectivity index (χ4v) is 4.28. The molecule has 1 amide bonds. The van der Waals surface area contributed by atoms with Crippen molar-refractivity contribution in [1.82, 2.24) is 20.9 Å². The van der Waals surface area contributed by atoms with Crippen LogP contribution in [0, 0.1) is 0 Å². The van der Waals surface area contributed by atoms with E-state index in [4.69, 9.17) is 4.74 Å². The van der Waals surface area contributed by atoms with Crippen molar-refractivity contribution in [3.05, 3.63) is 0 Å². The molecular weight excluding hydrogens is 366 g/mol. The molecule has 0 atom stereocenters. The van der Waals surface area contributed by atoms with E-state index < -0.39 is 0 Å². The number of amides is 1. The molecule has 2 rings (SSSR count). The third kappa shape index (κ3) is 8.51. The first-order valence-corrected chi connectivity index (χ1v) is 11.7. The first-order valence-electron chi connectivity index (χ1n) is 11.7. The van der Waals surface area contributed by atoms with Gasteiger partial charge in [-0.1, -0.05) is 33.1 Å². The normalized spacial score (nSPS) is 21.0. The van der Waals surface area contributed by atoms with Gasteiger partial charge in [0, 0.05) is 45.9 Å². The number of piperidine rings is 1. The summed E-state index contributed by atoms with van der Waals surface area (Å²) in [5.41, 5.74) is -0.0406. The lowest BCUT2D eigenvalue weighted by Gasteiger charge is -2.38. The Hall–Kier alpha value is -1.34. The third-order valence-electron chi connectivity index (χ3n) is 6.05. The van der Waals surface area contributed by atoms with Crippen molar-refractivity contribution >= 4 is 11.9 Å². The molecule has 7 heteroatoms. The summed E-state index contributed by atoms with van der Waals surface area (Å²) in [6, 6.07) is 0.398. The Kier molecular flexibility index (Phi) is 10.8. The zero-order valence-corrected chi connectivity index (χ0v) is 18.9. The van der Waals surface area contributed by atoms with Crippen LogP contribution in [0.5, 0.6) is 0 Å². The quantitative estimate of drug-likeness (QED) is 0.381. The summed E-state index contributed by atoms with van der Waals surface area (Å²) >= 11 is 0. The average Bonchev–Trinajstić information content (AvgIpc) is 2.75. The summed E-state index contributed by atoms with van der Waals surface area (Å²) in [4.78, 5) is 18.6. The Morgan fingerprint density at radius 3 is 2.45 bits per heavy atom. The molecular formula is C22H43N5O2. The van der Waals surface area contributed by atoms with Gasteiger partial charge in [-0.2, -0.15) is 0 Å². The molecule has 1 saturated carbocycles. The summed E-state index contributed by atoms with van der Waals surface area (Å²) in [6.07, 6.45) is 10.2. The standard InChI is InChI=1S/C22H43N5O2/c1-4-13-24-20(28)17-27-14-9-19(10-15-27)26-21(23-3)25-18-22(29-16-5-2)11-7-6-8-12-22/h19H,4-18H2,1-3H3,(H,24,28)(H2,23,25,26). The van der Waals surface area contributed by atoms with Gasteiger partial charge in [0.25, 0.3) is 0 Å². The van der Waals surface area contributed by atoms with Crippen LogP contribution in [0.2, 0.25) is 0 Å². The van der Waals surface area contributed by atoms with Crippen molar-refractivity contribution in [1.29, 1.82) is 0 Å². The highest BCUT2D eigenvalue weighted by Gasteiger charge is 2.33. The predicted octanol–water partition coefficient (Wildman–Crippen LogP) is 2.27. The molecule has 168 valence electrons. The molecule has 0 spiro atoms. The molecule has 3 N–H and O–H groups in total. The van der Waals surface area contributed by atoms with Crippen LogP contribution in [0.15, 0.2) is 4.99 Å². The van der Waals surface area contributed by atoms with Gasteiger partial charge in [-0.05, 0) is 38.5 Å². The number of carbonyl (C=O) groups is 1. The van der Waals surface area contributed by atoms with Crippen LogP contribution >= 0.6 is 0 Å². The number of nitrogens with one attached hydrogen (secondary N) is 3. The Balaban J connectivity index is 1.73. The predicted molar refractivity (Wildman–Crippen MR) is 119 cm³/mol. The number of likely N-dealkylation sites (tertiary alicyclic amines) is 1. The average molecular weight is 410 g/mol. The number of aliphatic imine (C=N–C) groups is 1. The second-order valence-corrected chi connectivity index (χ2v) is 8.56. The van der Waals surface area contributed by atoms with Crippen LogP contribution in [0.4, 0.5) is 0 Å². The summed E-state index contributed by atoms with van der Waals surface area (Å²) in [5.74, 6) is 1.01. The number of hydrogen-bond donors (Lipinski definition) is 3. The van der Waals surface area contributed by atoms with E-state index in [1.807, 2.05) is 7.05 Å². The number of nitrogens with zero attached hydrogens (tertiary/aromatic N) is 2. The van der Waals surface area contributed by atoms with Gasteiger partial charge in [-0.3, -0.25) is 14.7 Å². The van der Waals surface area contributed by atoms with E-state index >= 15 is 0 Å². The lowest BCUT2D eigenvalue weighted by molar-refractivity contribution is -0.122. The fourth-order valence-electron chi connectivity index (χ4n) is 4.28. The van der Waals surface area contributed by atoms with Crippen LogP contribution in [0.1, 0.15) is 71.6 Å². The second kappa shape index (κ2) is 13.1. The van der Waals surface area contributed by atoms with Gasteiger partial charge in [0.1, 0.15) is 0 Å². The van der Waals surface area contributed by atoms with E-state index in [2.05, 4.69) is 39.7 Å². The maximum absolute atomic E-state index is 11.9. The van der Waals surface area contributed by atoms with Crippen molar-refractivity contribution in [2.45, 2.75) is 83.3 Å². The summed E-state index contributed by atoms with van der Waals surface area (Å²) < 4.78 is 6.29. The highest BCUT2D eigenvalue weighted by atomic mass is 16.5. The van der Waals surface area contributed by atoms with E-state index in [1.54, 1.807) is 0 Å². The molecule has 1 aliphatic heterocycles. The Morgan fingerprint density at radius 2 is 1.83 bits per heavy atom. The molecule has 0 bridgehead atoms.